The Bertz CT molecular complexity index is 1990. The Morgan fingerprint density at radius 3 is 1.86 bits per heavy atom. The van der Waals surface area contributed by atoms with Crippen LogP contribution >= 0.6 is 0 Å². The predicted octanol–water partition coefficient (Wildman–Crippen LogP) is -0.0127. The number of nitrogens with zero attached hydrogens (tertiary/aromatic N) is 1. The molecule has 2 bridgehead atoms. The second-order valence-corrected chi connectivity index (χ2v) is 20.8. The number of piperidine rings is 1. The van der Waals surface area contributed by atoms with Gasteiger partial charge in [0.25, 0.3) is 0 Å². The number of aliphatic hydroxyl groups excluding tert-OH is 10. The molecule has 4 aliphatic heterocycles. The summed E-state index contributed by atoms with van der Waals surface area (Å²) < 4.78 is 24.1. The van der Waals surface area contributed by atoms with Crippen molar-refractivity contribution in [3.63, 3.8) is 0 Å². The van der Waals surface area contributed by atoms with E-state index in [4.69, 9.17) is 18.9 Å². The first-order valence-electron chi connectivity index (χ1n) is 26.6. The number of hydrogen-bond acceptors (Lipinski definition) is 19. The van der Waals surface area contributed by atoms with Crippen LogP contribution in [0.1, 0.15) is 91.9 Å². The summed E-state index contributed by atoms with van der Waals surface area (Å²) in [5, 5.41) is 127. The lowest BCUT2D eigenvalue weighted by molar-refractivity contribution is -0.308. The lowest BCUT2D eigenvalue weighted by atomic mass is 9.81. The van der Waals surface area contributed by atoms with E-state index in [9.17, 15) is 70.6 Å². The monoisotopic (exact) mass is 1080 g/mol. The number of hydrogen-bond donors (Lipinski definition) is 13. The van der Waals surface area contributed by atoms with Gasteiger partial charge < -0.3 is 90.7 Å². The van der Waals surface area contributed by atoms with Crippen LogP contribution in [0.2, 0.25) is 0 Å². The van der Waals surface area contributed by atoms with Gasteiger partial charge in [0.1, 0.15) is 18.3 Å². The Kier molecular flexibility index (Phi) is 27.3. The van der Waals surface area contributed by atoms with Crippen LogP contribution in [0.5, 0.6) is 0 Å². The van der Waals surface area contributed by atoms with E-state index in [1.54, 1.807) is 81.7 Å². The Morgan fingerprint density at radius 1 is 0.658 bits per heavy atom. The minimum absolute atomic E-state index is 0.113. The smallest absolute Gasteiger partial charge is 0.308 e. The summed E-state index contributed by atoms with van der Waals surface area (Å²) in [6.45, 7) is 6.99. The van der Waals surface area contributed by atoms with Crippen LogP contribution in [0.15, 0.2) is 85.1 Å². The van der Waals surface area contributed by atoms with E-state index >= 15 is 0 Å². The molecule has 0 aromatic rings. The topological polar surface area (TPSA) is 338 Å². The molecule has 21 nitrogen and oxygen atoms in total. The number of fused-ring (bicyclic) bond motifs is 2. The van der Waals surface area contributed by atoms with Crippen LogP contribution in [0.4, 0.5) is 0 Å². The van der Waals surface area contributed by atoms with Crippen molar-refractivity contribution in [3.8, 4) is 0 Å². The van der Waals surface area contributed by atoms with Crippen LogP contribution in [-0.4, -0.2) is 209 Å². The van der Waals surface area contributed by atoms with E-state index in [2.05, 4.69) is 10.6 Å². The molecule has 0 radical (unpaired) electrons. The van der Waals surface area contributed by atoms with E-state index in [1.807, 2.05) is 31.2 Å². The summed E-state index contributed by atoms with van der Waals surface area (Å²) in [5.41, 5.74) is 0. The minimum atomic E-state index is -2.32. The maximum atomic E-state index is 14.3. The number of nitrogens with one attached hydrogen (secondary N) is 2. The number of ether oxygens (including phenoxy) is 4. The fraction of sp³-hybridized carbons (Fsp3) is 0.691. The summed E-state index contributed by atoms with van der Waals surface area (Å²) in [6, 6.07) is -1.23. The van der Waals surface area contributed by atoms with E-state index in [0.29, 0.717) is 0 Å². The van der Waals surface area contributed by atoms with Crippen molar-refractivity contribution in [1.29, 1.82) is 0 Å². The molecule has 21 heteroatoms. The van der Waals surface area contributed by atoms with Crippen LogP contribution in [0.25, 0.3) is 0 Å². The molecule has 4 aliphatic rings. The molecule has 0 aliphatic carbocycles. The SMILES string of the molecule is CNCC(=O)N[C@@H]1[C@H](O)[C@H](O[C@H]2/C=C/C=C/C=C/C=C/C=C/C=C/C=C/[C@H](C)[C@@H](O)[C@@H](C)[C@H](C)OC(=O)C[C@H](O)C[C@H](O)CC[C@@H](O)[C@H](O)C[C@H](O)C[C@]3(O)C[C@H](O)[C@@H](C(=O)N4CCC(O)CC4)[C@H](C2)O3)O[C@H](C)[C@H]1O. The second-order valence-electron chi connectivity index (χ2n) is 20.8. The third kappa shape index (κ3) is 21.0. The zero-order valence-electron chi connectivity index (χ0n) is 44.5. The Hall–Kier alpha value is -4.01. The van der Waals surface area contributed by atoms with Crippen molar-refractivity contribution >= 4 is 17.8 Å². The molecule has 13 N–H and O–H groups in total. The fourth-order valence-corrected chi connectivity index (χ4v) is 9.80. The maximum absolute atomic E-state index is 14.3. The summed E-state index contributed by atoms with van der Waals surface area (Å²) >= 11 is 0. The van der Waals surface area contributed by atoms with Crippen molar-refractivity contribution in [3.05, 3.63) is 85.1 Å². The molecule has 0 aromatic heterocycles. The van der Waals surface area contributed by atoms with Gasteiger partial charge >= 0.3 is 5.97 Å². The zero-order chi connectivity index (χ0) is 56.1. The van der Waals surface area contributed by atoms with E-state index in [1.165, 1.54) is 11.8 Å². The average Bonchev–Trinajstić information content (AvgIpc) is 3.35. The number of rotatable bonds is 6. The van der Waals surface area contributed by atoms with Crippen molar-refractivity contribution in [2.75, 3.05) is 26.7 Å². The molecule has 4 rings (SSSR count). The largest absolute Gasteiger partial charge is 0.462 e. The molecule has 3 saturated heterocycles. The molecular weight excluding hydrogens is 991 g/mol. The van der Waals surface area contributed by atoms with Gasteiger partial charge in [-0.3, -0.25) is 14.4 Å². The second kappa shape index (κ2) is 32.2. The lowest BCUT2D eigenvalue weighted by Gasteiger charge is -2.47. The minimum Gasteiger partial charge on any atom is -0.462 e. The van der Waals surface area contributed by atoms with Crippen molar-refractivity contribution < 1.29 is 89.5 Å². The van der Waals surface area contributed by atoms with Crippen LogP contribution in [0, 0.1) is 17.8 Å². The molecule has 19 atom stereocenters. The molecule has 0 saturated carbocycles. The van der Waals surface area contributed by atoms with Gasteiger partial charge in [0.05, 0.1) is 92.1 Å². The fourth-order valence-electron chi connectivity index (χ4n) is 9.80. The number of likely N-dealkylation sites (tertiary alicyclic amines) is 1. The van der Waals surface area contributed by atoms with Gasteiger partial charge in [-0.1, -0.05) is 98.9 Å². The molecule has 2 amide bonds. The number of amides is 2. The number of aliphatic hydroxyl groups is 11. The average molecular weight is 1080 g/mol. The summed E-state index contributed by atoms with van der Waals surface area (Å²) in [7, 11) is 1.56. The van der Waals surface area contributed by atoms with Crippen molar-refractivity contribution in [1.82, 2.24) is 15.5 Å². The van der Waals surface area contributed by atoms with Gasteiger partial charge in [0, 0.05) is 50.6 Å². The van der Waals surface area contributed by atoms with Gasteiger partial charge in [-0.2, -0.15) is 0 Å². The Morgan fingerprint density at radius 2 is 1.25 bits per heavy atom. The van der Waals surface area contributed by atoms with Crippen LogP contribution in [-0.2, 0) is 33.3 Å². The first-order chi connectivity index (χ1) is 36.0. The third-order valence-corrected chi connectivity index (χ3v) is 14.4. The number of cyclic esters (lactones) is 1. The van der Waals surface area contributed by atoms with E-state index in [-0.39, 0.29) is 64.1 Å². The third-order valence-electron chi connectivity index (χ3n) is 14.4. The summed E-state index contributed by atoms with van der Waals surface area (Å²) in [4.78, 5) is 41.2. The Balaban J connectivity index is 1.65. The molecule has 430 valence electrons. The molecule has 4 heterocycles. The van der Waals surface area contributed by atoms with Gasteiger partial charge in [0.15, 0.2) is 12.1 Å². The number of carbonyl (C=O) groups excluding carboxylic acids is 3. The van der Waals surface area contributed by atoms with Crippen molar-refractivity contribution in [2.45, 2.75) is 195 Å². The van der Waals surface area contributed by atoms with Crippen LogP contribution in [0.3, 0.4) is 0 Å². The lowest BCUT2D eigenvalue weighted by Crippen LogP contribution is -2.64. The molecule has 76 heavy (non-hydrogen) atoms. The van der Waals surface area contributed by atoms with Gasteiger partial charge in [-0.25, -0.2) is 0 Å². The number of allylic oxidation sites excluding steroid dienone is 12. The summed E-state index contributed by atoms with van der Waals surface area (Å²) in [5.74, 6) is -6.17. The Labute approximate surface area is 446 Å². The van der Waals surface area contributed by atoms with E-state index in [0.717, 1.165) is 0 Å². The highest BCUT2D eigenvalue weighted by molar-refractivity contribution is 5.80. The number of esters is 1. The molecule has 0 spiro atoms. The standard InChI is InChI=1S/C55H87N3O18/c1-33-18-16-14-12-10-8-6-7-9-11-13-15-17-19-41(75-54-52(70)49(51(69)36(4)74-54)57-46(66)32-56-5)29-45-48(53(71)58-24-22-37(59)23-25-58)44(65)31-55(72,76-45)30-40(62)27-43(64)42(63)21-20-38(60)26-39(61)28-47(67)73-35(3)34(2)50(33)68/h6-19,33-45,48-52,54,56,59-65,68-70,72H,20-32H2,1-5H3,(H,57,66)/b7-6+,10-8+,11-9+,14-12+,15-13+,18-16+,19-17+/t33-,34-,35-,36+,38+,39+,40-,41-,42+,43+,44-,45-,48+,49-,50+,51+,52-,54-,55+/m0/s1. The molecule has 3 fully saturated rings. The normalized spacial score (nSPS) is 42.1. The quantitative estimate of drug-likeness (QED) is 0.156. The highest BCUT2D eigenvalue weighted by Crippen LogP contribution is 2.39. The maximum Gasteiger partial charge on any atom is 0.308 e. The number of carbonyl (C=O) groups is 3. The molecule has 0 aromatic carbocycles. The number of likely N-dealkylation sites (N-methyl/N-ethyl adjacent to an activating group) is 1. The van der Waals surface area contributed by atoms with Gasteiger partial charge in [-0.05, 0) is 53.0 Å². The van der Waals surface area contributed by atoms with Gasteiger partial charge in [0.2, 0.25) is 11.8 Å². The zero-order valence-corrected chi connectivity index (χ0v) is 44.5. The predicted molar refractivity (Wildman–Crippen MR) is 279 cm³/mol. The molecule has 0 unspecified atom stereocenters. The summed E-state index contributed by atoms with van der Waals surface area (Å²) in [6.07, 6.45) is 3.45. The molecular formula is C55H87N3O18. The van der Waals surface area contributed by atoms with Gasteiger partial charge in [-0.15, -0.1) is 0 Å². The van der Waals surface area contributed by atoms with E-state index < -0.39 is 159 Å². The van der Waals surface area contributed by atoms with Crippen LogP contribution < -0.4 is 10.6 Å². The highest BCUT2D eigenvalue weighted by atomic mass is 16.7. The first kappa shape index (κ1) is 64.5. The highest BCUT2D eigenvalue weighted by Gasteiger charge is 2.52. The van der Waals surface area contributed by atoms with Crippen molar-refractivity contribution in [2.24, 2.45) is 17.8 Å². The first-order valence-corrected chi connectivity index (χ1v) is 26.6.